The average molecular weight is 424 g/mol. The van der Waals surface area contributed by atoms with Gasteiger partial charge in [0.2, 0.25) is 11.8 Å². The zero-order valence-electron chi connectivity index (χ0n) is 19.6. The fourth-order valence-electron chi connectivity index (χ4n) is 3.49. The summed E-state index contributed by atoms with van der Waals surface area (Å²) >= 11 is 0. The molecule has 0 saturated heterocycles. The third-order valence-corrected chi connectivity index (χ3v) is 5.48. The molecule has 7 nitrogen and oxygen atoms in total. The zero-order chi connectivity index (χ0) is 22.4. The van der Waals surface area contributed by atoms with E-state index in [1.165, 1.54) is 0 Å². The second-order valence-corrected chi connectivity index (χ2v) is 7.77. The number of methoxy groups -OCH3 is 2. The quantitative estimate of drug-likeness (QED) is 0.383. The van der Waals surface area contributed by atoms with Crippen molar-refractivity contribution in [2.45, 2.75) is 52.5 Å². The van der Waals surface area contributed by atoms with Gasteiger partial charge in [0.25, 0.3) is 0 Å². The highest BCUT2D eigenvalue weighted by molar-refractivity contribution is 5.86. The summed E-state index contributed by atoms with van der Waals surface area (Å²) < 4.78 is 12.4. The number of aryl methyl sites for hydroxylation is 1. The van der Waals surface area contributed by atoms with E-state index in [1.807, 2.05) is 36.9 Å². The Balaban J connectivity index is 2.91. The molecule has 1 aromatic heterocycles. The summed E-state index contributed by atoms with van der Waals surface area (Å²) in [7, 11) is 5.25. The van der Waals surface area contributed by atoms with Crippen LogP contribution in [0.3, 0.4) is 0 Å². The Morgan fingerprint density at radius 2 is 1.80 bits per heavy atom. The Bertz CT molecular complexity index is 617. The Labute approximate surface area is 182 Å². The largest absolute Gasteiger partial charge is 0.385 e. The first kappa shape index (κ1) is 26.2. The molecule has 0 aliphatic rings. The van der Waals surface area contributed by atoms with E-state index in [9.17, 15) is 9.59 Å². The number of carbonyl (C=O) groups excluding carboxylic acids is 2. The lowest BCUT2D eigenvalue weighted by molar-refractivity contribution is -0.144. The van der Waals surface area contributed by atoms with Gasteiger partial charge in [0.15, 0.2) is 0 Å². The lowest BCUT2D eigenvalue weighted by Gasteiger charge is -2.30. The number of hydrogen-bond acceptors (Lipinski definition) is 4. The summed E-state index contributed by atoms with van der Waals surface area (Å²) in [6, 6.07) is 3.97. The predicted octanol–water partition coefficient (Wildman–Crippen LogP) is 3.08. The lowest BCUT2D eigenvalue weighted by atomic mass is 9.97. The summed E-state index contributed by atoms with van der Waals surface area (Å²) in [6.45, 7) is 6.83. The van der Waals surface area contributed by atoms with E-state index in [1.54, 1.807) is 24.0 Å². The molecule has 0 spiro atoms. The number of aromatic nitrogens is 1. The van der Waals surface area contributed by atoms with Crippen LogP contribution in [0.15, 0.2) is 18.3 Å². The van der Waals surface area contributed by atoms with Gasteiger partial charge in [-0.05, 0) is 31.4 Å². The Morgan fingerprint density at radius 3 is 2.37 bits per heavy atom. The summed E-state index contributed by atoms with van der Waals surface area (Å²) in [4.78, 5) is 29.9. The highest BCUT2D eigenvalue weighted by Crippen LogP contribution is 2.17. The van der Waals surface area contributed by atoms with Gasteiger partial charge in [-0.3, -0.25) is 9.59 Å². The van der Waals surface area contributed by atoms with E-state index in [4.69, 9.17) is 9.47 Å². The Morgan fingerprint density at radius 1 is 1.07 bits per heavy atom. The van der Waals surface area contributed by atoms with Crippen LogP contribution in [-0.4, -0.2) is 73.2 Å². The number of rotatable bonds is 16. The Kier molecular flexibility index (Phi) is 13.1. The smallest absolute Gasteiger partial charge is 0.242 e. The number of amides is 2. The zero-order valence-corrected chi connectivity index (χ0v) is 19.6. The van der Waals surface area contributed by atoms with Crippen LogP contribution in [-0.2, 0) is 32.7 Å². The van der Waals surface area contributed by atoms with Crippen LogP contribution < -0.4 is 0 Å². The van der Waals surface area contributed by atoms with Crippen molar-refractivity contribution in [1.82, 2.24) is 14.4 Å². The normalized spacial score (nSPS) is 12.0. The van der Waals surface area contributed by atoms with Gasteiger partial charge in [0, 0.05) is 58.8 Å². The fraction of sp³-hybridized carbons (Fsp3) is 0.739. The predicted molar refractivity (Wildman–Crippen MR) is 119 cm³/mol. The van der Waals surface area contributed by atoms with Crippen molar-refractivity contribution in [1.29, 1.82) is 0 Å². The second kappa shape index (κ2) is 15.0. The molecule has 1 heterocycles. The standard InChI is InChI=1S/C23H41N3O4/c1-6-8-11-20(7-2)23(28)26(14-10-16-29-4)19-22(27)25(15-17-30-5)18-21-12-9-13-24(21)3/h9,12-13,20H,6-8,10-11,14-19H2,1-5H3. The third-order valence-electron chi connectivity index (χ3n) is 5.48. The number of ether oxygens (including phenoxy) is 2. The van der Waals surface area contributed by atoms with Crippen LogP contribution in [0.2, 0.25) is 0 Å². The second-order valence-electron chi connectivity index (χ2n) is 7.77. The van der Waals surface area contributed by atoms with Crippen LogP contribution in [0.5, 0.6) is 0 Å². The van der Waals surface area contributed by atoms with Crippen molar-refractivity contribution >= 4 is 11.8 Å². The first-order chi connectivity index (χ1) is 14.5. The Hall–Kier alpha value is -1.86. The molecule has 172 valence electrons. The van der Waals surface area contributed by atoms with Crippen molar-refractivity contribution in [3.05, 3.63) is 24.0 Å². The molecule has 0 bridgehead atoms. The molecule has 1 atom stereocenters. The molecule has 0 aliphatic carbocycles. The van der Waals surface area contributed by atoms with E-state index in [0.29, 0.717) is 32.8 Å². The van der Waals surface area contributed by atoms with Crippen LogP contribution in [0.4, 0.5) is 0 Å². The van der Waals surface area contributed by atoms with E-state index < -0.39 is 0 Å². The molecule has 0 aromatic carbocycles. The fourth-order valence-corrected chi connectivity index (χ4v) is 3.49. The van der Waals surface area contributed by atoms with E-state index in [-0.39, 0.29) is 24.3 Å². The van der Waals surface area contributed by atoms with Gasteiger partial charge in [-0.2, -0.15) is 0 Å². The molecule has 1 aromatic rings. The first-order valence-electron chi connectivity index (χ1n) is 11.1. The highest BCUT2D eigenvalue weighted by atomic mass is 16.5. The van der Waals surface area contributed by atoms with Gasteiger partial charge in [-0.1, -0.05) is 26.7 Å². The molecule has 0 radical (unpaired) electrons. The molecule has 0 aliphatic heterocycles. The maximum absolute atomic E-state index is 13.2. The summed E-state index contributed by atoms with van der Waals surface area (Å²) in [6.07, 6.45) is 6.44. The minimum absolute atomic E-state index is 0.0272. The third kappa shape index (κ3) is 8.88. The minimum Gasteiger partial charge on any atom is -0.385 e. The first-order valence-corrected chi connectivity index (χ1v) is 11.1. The molecular weight excluding hydrogens is 382 g/mol. The summed E-state index contributed by atoms with van der Waals surface area (Å²) in [5.74, 6) is 0.00548. The van der Waals surface area contributed by atoms with Gasteiger partial charge in [0.05, 0.1) is 19.7 Å². The monoisotopic (exact) mass is 423 g/mol. The number of nitrogens with zero attached hydrogens (tertiary/aromatic N) is 3. The van der Waals surface area contributed by atoms with Gasteiger partial charge in [-0.25, -0.2) is 0 Å². The summed E-state index contributed by atoms with van der Waals surface area (Å²) in [5, 5.41) is 0. The maximum Gasteiger partial charge on any atom is 0.242 e. The van der Waals surface area contributed by atoms with E-state index >= 15 is 0 Å². The molecule has 0 fully saturated rings. The highest BCUT2D eigenvalue weighted by Gasteiger charge is 2.26. The molecular formula is C23H41N3O4. The lowest BCUT2D eigenvalue weighted by Crippen LogP contribution is -2.46. The molecule has 7 heteroatoms. The molecule has 30 heavy (non-hydrogen) atoms. The molecule has 0 N–H and O–H groups in total. The van der Waals surface area contributed by atoms with Gasteiger partial charge in [-0.15, -0.1) is 0 Å². The molecule has 2 amide bonds. The van der Waals surface area contributed by atoms with Crippen molar-refractivity contribution < 1.29 is 19.1 Å². The van der Waals surface area contributed by atoms with Crippen molar-refractivity contribution in [2.75, 3.05) is 47.1 Å². The van der Waals surface area contributed by atoms with E-state index in [0.717, 1.165) is 37.8 Å². The van der Waals surface area contributed by atoms with E-state index in [2.05, 4.69) is 6.92 Å². The molecule has 1 unspecified atom stereocenters. The topological polar surface area (TPSA) is 64.0 Å². The average Bonchev–Trinajstić information content (AvgIpc) is 3.15. The van der Waals surface area contributed by atoms with Crippen molar-refractivity contribution in [3.63, 3.8) is 0 Å². The number of carbonyl (C=O) groups is 2. The van der Waals surface area contributed by atoms with Crippen LogP contribution in [0.25, 0.3) is 0 Å². The van der Waals surface area contributed by atoms with Gasteiger partial charge >= 0.3 is 0 Å². The molecule has 0 saturated carbocycles. The minimum atomic E-state index is -0.0515. The van der Waals surface area contributed by atoms with Crippen LogP contribution in [0.1, 0.15) is 51.6 Å². The van der Waals surface area contributed by atoms with Crippen LogP contribution in [0, 0.1) is 5.92 Å². The summed E-state index contributed by atoms with van der Waals surface area (Å²) in [5.41, 5.74) is 1.05. The SMILES string of the molecule is CCCCC(CC)C(=O)N(CCCOC)CC(=O)N(CCOC)Cc1cccn1C. The van der Waals surface area contributed by atoms with Crippen LogP contribution >= 0.6 is 0 Å². The van der Waals surface area contributed by atoms with Gasteiger partial charge in [0.1, 0.15) is 0 Å². The van der Waals surface area contributed by atoms with Crippen molar-refractivity contribution in [2.24, 2.45) is 13.0 Å². The number of unbranched alkanes of at least 4 members (excludes halogenated alkanes) is 1. The number of hydrogen-bond donors (Lipinski definition) is 0. The van der Waals surface area contributed by atoms with Crippen molar-refractivity contribution in [3.8, 4) is 0 Å². The molecule has 1 rings (SSSR count). The van der Waals surface area contributed by atoms with Gasteiger partial charge < -0.3 is 23.8 Å². The maximum atomic E-state index is 13.2.